The number of carbonyl (C=O) groups excluding carboxylic acids is 1. The maximum absolute atomic E-state index is 11.7. The summed E-state index contributed by atoms with van der Waals surface area (Å²) < 4.78 is 10.6. The molecule has 0 aliphatic heterocycles. The molecule has 0 heterocycles. The van der Waals surface area contributed by atoms with E-state index >= 15 is 0 Å². The SMILES string of the molecule is COc1ccc(OCC(=O)NC(C)(C)C)c(CN)c1. The Hall–Kier alpha value is -1.75. The molecule has 106 valence electrons. The molecule has 0 saturated heterocycles. The van der Waals surface area contributed by atoms with Crippen molar-refractivity contribution < 1.29 is 14.3 Å². The van der Waals surface area contributed by atoms with Crippen LogP contribution < -0.4 is 20.5 Å². The van der Waals surface area contributed by atoms with E-state index in [1.165, 1.54) is 0 Å². The molecule has 5 heteroatoms. The van der Waals surface area contributed by atoms with E-state index in [2.05, 4.69) is 5.32 Å². The first-order chi connectivity index (χ1) is 8.85. The summed E-state index contributed by atoms with van der Waals surface area (Å²) in [7, 11) is 1.59. The molecule has 0 aliphatic carbocycles. The summed E-state index contributed by atoms with van der Waals surface area (Å²) in [6, 6.07) is 5.33. The zero-order valence-corrected chi connectivity index (χ0v) is 11.9. The van der Waals surface area contributed by atoms with Gasteiger partial charge in [-0.05, 0) is 39.0 Å². The van der Waals surface area contributed by atoms with Gasteiger partial charge >= 0.3 is 0 Å². The lowest BCUT2D eigenvalue weighted by Crippen LogP contribution is -2.43. The van der Waals surface area contributed by atoms with Crippen LogP contribution in [-0.4, -0.2) is 25.2 Å². The minimum absolute atomic E-state index is 0.0312. The zero-order valence-electron chi connectivity index (χ0n) is 11.9. The van der Waals surface area contributed by atoms with Crippen molar-refractivity contribution in [2.75, 3.05) is 13.7 Å². The Labute approximate surface area is 114 Å². The summed E-state index contributed by atoms with van der Waals surface area (Å²) in [6.07, 6.45) is 0. The number of methoxy groups -OCH3 is 1. The molecule has 1 aromatic rings. The molecule has 0 unspecified atom stereocenters. The lowest BCUT2D eigenvalue weighted by Gasteiger charge is -2.20. The summed E-state index contributed by atoms with van der Waals surface area (Å²) in [4.78, 5) is 11.7. The van der Waals surface area contributed by atoms with Gasteiger partial charge < -0.3 is 20.5 Å². The molecule has 0 fully saturated rings. The Balaban J connectivity index is 2.65. The van der Waals surface area contributed by atoms with Crippen molar-refractivity contribution >= 4 is 5.91 Å². The number of amides is 1. The highest BCUT2D eigenvalue weighted by atomic mass is 16.5. The van der Waals surface area contributed by atoms with Crippen molar-refractivity contribution in [1.29, 1.82) is 0 Å². The van der Waals surface area contributed by atoms with E-state index in [-0.39, 0.29) is 18.1 Å². The van der Waals surface area contributed by atoms with Gasteiger partial charge in [0.25, 0.3) is 5.91 Å². The van der Waals surface area contributed by atoms with Crippen LogP contribution in [0.25, 0.3) is 0 Å². The second-order valence-corrected chi connectivity index (χ2v) is 5.26. The molecular weight excluding hydrogens is 244 g/mol. The van der Waals surface area contributed by atoms with Crippen LogP contribution in [0.4, 0.5) is 0 Å². The van der Waals surface area contributed by atoms with Gasteiger partial charge in [0.15, 0.2) is 6.61 Å². The van der Waals surface area contributed by atoms with Crippen molar-refractivity contribution in [2.24, 2.45) is 5.73 Å². The van der Waals surface area contributed by atoms with Crippen LogP contribution in [0.5, 0.6) is 11.5 Å². The van der Waals surface area contributed by atoms with E-state index < -0.39 is 0 Å². The summed E-state index contributed by atoms with van der Waals surface area (Å²) >= 11 is 0. The molecular formula is C14H22N2O3. The highest BCUT2D eigenvalue weighted by Crippen LogP contribution is 2.23. The fourth-order valence-electron chi connectivity index (χ4n) is 1.58. The summed E-state index contributed by atoms with van der Waals surface area (Å²) in [6.45, 7) is 6.06. The van der Waals surface area contributed by atoms with Crippen LogP contribution in [0.2, 0.25) is 0 Å². The highest BCUT2D eigenvalue weighted by Gasteiger charge is 2.14. The van der Waals surface area contributed by atoms with Crippen molar-refractivity contribution in [3.63, 3.8) is 0 Å². The first-order valence-corrected chi connectivity index (χ1v) is 6.16. The molecule has 0 bridgehead atoms. The number of hydrogen-bond acceptors (Lipinski definition) is 4. The van der Waals surface area contributed by atoms with Gasteiger partial charge in [-0.2, -0.15) is 0 Å². The average Bonchev–Trinajstić information content (AvgIpc) is 2.34. The maximum atomic E-state index is 11.7. The molecule has 0 radical (unpaired) electrons. The molecule has 0 spiro atoms. The van der Waals surface area contributed by atoms with Gasteiger partial charge in [0.1, 0.15) is 11.5 Å². The number of nitrogens with two attached hydrogens (primary N) is 1. The largest absolute Gasteiger partial charge is 0.497 e. The first-order valence-electron chi connectivity index (χ1n) is 6.16. The van der Waals surface area contributed by atoms with Crippen molar-refractivity contribution in [3.05, 3.63) is 23.8 Å². The number of carbonyl (C=O) groups is 1. The Kier molecular flexibility index (Phi) is 5.18. The van der Waals surface area contributed by atoms with E-state index in [0.29, 0.717) is 18.0 Å². The monoisotopic (exact) mass is 266 g/mol. The molecule has 0 aliphatic rings. The second kappa shape index (κ2) is 6.43. The standard InChI is InChI=1S/C14H22N2O3/c1-14(2,3)16-13(17)9-19-12-6-5-11(18-4)7-10(12)8-15/h5-7H,8-9,15H2,1-4H3,(H,16,17). The lowest BCUT2D eigenvalue weighted by molar-refractivity contribution is -0.124. The number of hydrogen-bond donors (Lipinski definition) is 2. The summed E-state index contributed by atoms with van der Waals surface area (Å²) in [5, 5.41) is 2.83. The first kappa shape index (κ1) is 15.3. The third kappa shape index (κ3) is 5.18. The van der Waals surface area contributed by atoms with E-state index in [4.69, 9.17) is 15.2 Å². The molecule has 0 aromatic heterocycles. The van der Waals surface area contributed by atoms with Crippen molar-refractivity contribution in [2.45, 2.75) is 32.9 Å². The molecule has 0 atom stereocenters. The van der Waals surface area contributed by atoms with Crippen molar-refractivity contribution in [3.8, 4) is 11.5 Å². The molecule has 19 heavy (non-hydrogen) atoms. The van der Waals surface area contributed by atoms with Crippen LogP contribution in [0.1, 0.15) is 26.3 Å². The van der Waals surface area contributed by atoms with Gasteiger partial charge in [-0.15, -0.1) is 0 Å². The summed E-state index contributed by atoms with van der Waals surface area (Å²) in [5.74, 6) is 1.16. The predicted octanol–water partition coefficient (Wildman–Crippen LogP) is 1.45. The fraction of sp³-hybridized carbons (Fsp3) is 0.500. The van der Waals surface area contributed by atoms with Gasteiger partial charge in [0.2, 0.25) is 0 Å². The smallest absolute Gasteiger partial charge is 0.258 e. The van der Waals surface area contributed by atoms with Crippen molar-refractivity contribution in [1.82, 2.24) is 5.32 Å². The van der Waals surface area contributed by atoms with Gasteiger partial charge in [-0.3, -0.25) is 4.79 Å². The third-order valence-electron chi connectivity index (χ3n) is 2.36. The second-order valence-electron chi connectivity index (χ2n) is 5.26. The molecule has 3 N–H and O–H groups in total. The van der Waals surface area contributed by atoms with Crippen LogP contribution in [-0.2, 0) is 11.3 Å². The molecule has 1 aromatic carbocycles. The van der Waals surface area contributed by atoms with Crippen LogP contribution >= 0.6 is 0 Å². The topological polar surface area (TPSA) is 73.6 Å². The normalized spacial score (nSPS) is 11.0. The summed E-state index contributed by atoms with van der Waals surface area (Å²) in [5.41, 5.74) is 6.19. The van der Waals surface area contributed by atoms with E-state index in [1.807, 2.05) is 20.8 Å². The highest BCUT2D eigenvalue weighted by molar-refractivity contribution is 5.78. The lowest BCUT2D eigenvalue weighted by atomic mass is 10.1. The minimum atomic E-state index is -0.267. The fourth-order valence-corrected chi connectivity index (χ4v) is 1.58. The van der Waals surface area contributed by atoms with E-state index in [9.17, 15) is 4.79 Å². The predicted molar refractivity (Wildman–Crippen MR) is 74.3 cm³/mol. The maximum Gasteiger partial charge on any atom is 0.258 e. The molecule has 1 rings (SSSR count). The van der Waals surface area contributed by atoms with E-state index in [0.717, 1.165) is 5.56 Å². The number of ether oxygens (including phenoxy) is 2. The Morgan fingerprint density at radius 1 is 1.37 bits per heavy atom. The quantitative estimate of drug-likeness (QED) is 0.846. The number of benzene rings is 1. The van der Waals surface area contributed by atoms with Gasteiger partial charge in [-0.1, -0.05) is 0 Å². The van der Waals surface area contributed by atoms with Crippen LogP contribution in [0.3, 0.4) is 0 Å². The third-order valence-corrected chi connectivity index (χ3v) is 2.36. The van der Waals surface area contributed by atoms with Crippen LogP contribution in [0, 0.1) is 0 Å². The number of nitrogens with one attached hydrogen (secondary N) is 1. The minimum Gasteiger partial charge on any atom is -0.497 e. The van der Waals surface area contributed by atoms with Gasteiger partial charge in [-0.25, -0.2) is 0 Å². The molecule has 0 saturated carbocycles. The average molecular weight is 266 g/mol. The van der Waals surface area contributed by atoms with Gasteiger partial charge in [0.05, 0.1) is 7.11 Å². The Morgan fingerprint density at radius 2 is 2.05 bits per heavy atom. The number of rotatable bonds is 5. The Morgan fingerprint density at radius 3 is 2.58 bits per heavy atom. The van der Waals surface area contributed by atoms with Crippen LogP contribution in [0.15, 0.2) is 18.2 Å². The Bertz CT molecular complexity index is 439. The zero-order chi connectivity index (χ0) is 14.5. The van der Waals surface area contributed by atoms with Gasteiger partial charge in [0, 0.05) is 17.6 Å². The van der Waals surface area contributed by atoms with E-state index in [1.54, 1.807) is 25.3 Å². The molecule has 5 nitrogen and oxygen atoms in total. The molecule has 1 amide bonds.